The smallest absolute Gasteiger partial charge is 0.415 e. The number of rotatable bonds is 43. The Hall–Kier alpha value is -10.5. The van der Waals surface area contributed by atoms with Crippen LogP contribution in [-0.2, 0) is 59.1 Å². The average molecular weight is 1590 g/mol. The molecule has 0 bridgehead atoms. The molecule has 0 aliphatic carbocycles. The number of H-pyrrole nitrogens is 2. The van der Waals surface area contributed by atoms with Crippen LogP contribution in [0.1, 0.15) is 102 Å². The number of benzene rings is 4. The molecule has 3 atom stereocenters. The number of imide groups is 1. The second kappa shape index (κ2) is 41.2. The highest BCUT2D eigenvalue weighted by Crippen LogP contribution is 2.49. The quantitative estimate of drug-likeness (QED) is 0.0101. The van der Waals surface area contributed by atoms with Crippen molar-refractivity contribution in [3.63, 3.8) is 0 Å². The van der Waals surface area contributed by atoms with Crippen molar-refractivity contribution in [2.45, 2.75) is 84.3 Å². The Balaban J connectivity index is 0.634. The van der Waals surface area contributed by atoms with Gasteiger partial charge in [-0.3, -0.25) is 48.2 Å². The van der Waals surface area contributed by atoms with Gasteiger partial charge < -0.3 is 90.1 Å². The number of halogens is 1. The number of anilines is 3. The number of aromatic nitrogens is 2. The minimum Gasteiger partial charge on any atom is -0.492 e. The Bertz CT molecular complexity index is 4520. The SMILES string of the molecule is Cc1csc2c(OC(=O)N(C)CCN(C)C(=O)OCc3ccc(NC(=O)[C@H](CCCNC(N)=O)CC(=O)[C@@H](NC(=O)CCOCCOCCOCCOCCNC(=O)CCN4C(=O)C=CC4=O)C(C)C)cc3)cc3c(c12)[C@H](CCl)CN3C(=O)c1cc2cc(NC(=O)c3cc4cc(OCCN5CCCC5)ccc4[nH]3)ccc2[nH]1. The van der Waals surface area contributed by atoms with Gasteiger partial charge in [-0.2, -0.15) is 0 Å². The van der Waals surface area contributed by atoms with Crippen molar-refractivity contribution in [3.05, 3.63) is 124 Å². The predicted octanol–water partition coefficient (Wildman–Crippen LogP) is 8.57. The number of urea groups is 1. The number of aryl methyl sites for hydroxylation is 1. The van der Waals surface area contributed by atoms with Crippen LogP contribution in [0.3, 0.4) is 0 Å². The van der Waals surface area contributed by atoms with Crippen molar-refractivity contribution in [1.82, 2.24) is 45.5 Å². The van der Waals surface area contributed by atoms with E-state index in [1.165, 1.54) is 53.2 Å². The van der Waals surface area contributed by atoms with Gasteiger partial charge in [0.1, 0.15) is 30.4 Å². The molecule has 11 amide bonds. The Morgan fingerprint density at radius 1 is 0.696 bits per heavy atom. The van der Waals surface area contributed by atoms with Gasteiger partial charge in [-0.1, -0.05) is 26.0 Å². The van der Waals surface area contributed by atoms with Crippen LogP contribution in [0.25, 0.3) is 31.9 Å². The summed E-state index contributed by atoms with van der Waals surface area (Å²) in [5.41, 5.74) is 11.3. The molecular formula is C79H98ClN13O18S. The first-order valence-electron chi connectivity index (χ1n) is 37.5. The summed E-state index contributed by atoms with van der Waals surface area (Å²) in [4.78, 5) is 157. The number of ether oxygens (including phenoxy) is 7. The number of hydrogen-bond donors (Lipinski definition) is 8. The van der Waals surface area contributed by atoms with Crippen LogP contribution < -0.4 is 46.7 Å². The molecule has 4 aromatic carbocycles. The van der Waals surface area contributed by atoms with E-state index in [1.807, 2.05) is 30.5 Å². The zero-order valence-electron chi connectivity index (χ0n) is 63.6. The van der Waals surface area contributed by atoms with Crippen molar-refractivity contribution in [1.29, 1.82) is 0 Å². The van der Waals surface area contributed by atoms with Crippen molar-refractivity contribution in [2.75, 3.05) is 154 Å². The van der Waals surface area contributed by atoms with Crippen LogP contribution in [0.15, 0.2) is 96.4 Å². The zero-order valence-corrected chi connectivity index (χ0v) is 65.2. The summed E-state index contributed by atoms with van der Waals surface area (Å²) in [7, 11) is 3.07. The van der Waals surface area contributed by atoms with Crippen molar-refractivity contribution in [2.24, 2.45) is 17.6 Å². The lowest BCUT2D eigenvalue weighted by Crippen LogP contribution is -2.45. The number of primary amides is 1. The number of nitrogens with one attached hydrogen (secondary N) is 7. The standard InChI is InChI=1S/C79H98ClN13O18S/c1-49(2)72(88-67(96)21-30-105-33-35-107-37-38-108-36-34-106-31-23-82-66(95)20-26-92-68(97)18-19-69(92)98)64(94)43-52(9-8-22-83-77(81)102)74(99)84-56-12-10-51(11-13-56)47-110-78(103)89(4)27-28-90(5)79(104)111-65-44-63-71(70-50(3)48-112-73(65)70)55(45-80)46-93(63)76(101)62-42-53-39-57(14-16-59(53)87-62)85-75(100)61-41-54-40-58(15-17-60(54)86-61)109-32-29-91-24-6-7-25-91/h10-19,39-42,44,48-49,52,55,72,86-87H,6-9,20-38,43,45-47H2,1-5H3,(H,82,95)(H,84,99)(H,85,100)(H,88,96)(H3,81,83,102)/t52-,55-,72+/m1/s1. The summed E-state index contributed by atoms with van der Waals surface area (Å²) in [6, 6.07) is 21.3. The van der Waals surface area contributed by atoms with Gasteiger partial charge in [-0.15, -0.1) is 22.9 Å². The molecule has 6 heterocycles. The molecule has 33 heteroatoms. The molecule has 3 aromatic heterocycles. The first kappa shape index (κ1) is 84.0. The molecule has 7 aromatic rings. The Labute approximate surface area is 657 Å². The van der Waals surface area contributed by atoms with Crippen molar-refractivity contribution < 1.29 is 85.9 Å². The molecule has 0 spiro atoms. The van der Waals surface area contributed by atoms with Gasteiger partial charge >= 0.3 is 18.2 Å². The summed E-state index contributed by atoms with van der Waals surface area (Å²) >= 11 is 8.07. The summed E-state index contributed by atoms with van der Waals surface area (Å²) in [5, 5.41) is 18.2. The maximum absolute atomic E-state index is 14.7. The molecule has 3 aliphatic heterocycles. The summed E-state index contributed by atoms with van der Waals surface area (Å²) < 4.78 is 40.5. The Morgan fingerprint density at radius 3 is 2.03 bits per heavy atom. The van der Waals surface area contributed by atoms with E-state index in [0.29, 0.717) is 75.9 Å². The number of alkyl halides is 1. The minimum atomic E-state index is -0.913. The molecule has 0 saturated carbocycles. The fourth-order valence-corrected chi connectivity index (χ4v) is 14.5. The topological polar surface area (TPSA) is 386 Å². The van der Waals surface area contributed by atoms with Gasteiger partial charge in [-0.05, 0) is 134 Å². The highest BCUT2D eigenvalue weighted by molar-refractivity contribution is 7.17. The number of hydrogen-bond acceptors (Lipinski definition) is 20. The van der Waals surface area contributed by atoms with Gasteiger partial charge in [0, 0.05) is 154 Å². The fraction of sp³-hybridized carbons (Fsp3) is 0.456. The molecule has 3 aliphatic rings. The maximum Gasteiger partial charge on any atom is 0.415 e. The third-order valence-corrected chi connectivity index (χ3v) is 20.8. The molecule has 9 N–H and O–H groups in total. The summed E-state index contributed by atoms with van der Waals surface area (Å²) in [5.74, 6) is -3.30. The lowest BCUT2D eigenvalue weighted by atomic mass is 9.89. The number of nitrogens with two attached hydrogens (primary N) is 1. The van der Waals surface area contributed by atoms with E-state index >= 15 is 0 Å². The Kier molecular flexibility index (Phi) is 30.9. The number of aromatic amines is 2. The number of nitrogens with zero attached hydrogens (tertiary/aromatic N) is 5. The molecule has 1 fully saturated rings. The van der Waals surface area contributed by atoms with E-state index in [9.17, 15) is 52.7 Å². The number of ketones is 1. The number of amides is 11. The third kappa shape index (κ3) is 23.6. The van der Waals surface area contributed by atoms with Crippen LogP contribution in [0.5, 0.6) is 11.5 Å². The molecule has 600 valence electrons. The van der Waals surface area contributed by atoms with E-state index in [4.69, 9.17) is 50.5 Å². The molecule has 0 unspecified atom stereocenters. The van der Waals surface area contributed by atoms with Gasteiger partial charge in [0.25, 0.3) is 23.6 Å². The van der Waals surface area contributed by atoms with Crippen LogP contribution >= 0.6 is 22.9 Å². The minimum absolute atomic E-state index is 0.00585. The summed E-state index contributed by atoms with van der Waals surface area (Å²) in [6.07, 6.45) is 3.65. The molecule has 31 nitrogen and oxygen atoms in total. The Morgan fingerprint density at radius 2 is 1.34 bits per heavy atom. The van der Waals surface area contributed by atoms with Gasteiger partial charge in [0.05, 0.1) is 69.3 Å². The molecule has 0 radical (unpaired) electrons. The lowest BCUT2D eigenvalue weighted by Gasteiger charge is -2.24. The van der Waals surface area contributed by atoms with Gasteiger partial charge in [0.2, 0.25) is 17.7 Å². The van der Waals surface area contributed by atoms with Crippen LogP contribution in [0.4, 0.5) is 31.4 Å². The second-order valence-electron chi connectivity index (χ2n) is 28.0. The van der Waals surface area contributed by atoms with Crippen molar-refractivity contribution in [3.8, 4) is 11.5 Å². The number of Topliss-reactive ketones (excluding diaryl/α,β-unsaturated/α-hetero) is 1. The van der Waals surface area contributed by atoms with Crippen LogP contribution in [0.2, 0.25) is 0 Å². The average Bonchev–Trinajstić information content (AvgIpc) is 1.57. The monoisotopic (exact) mass is 1580 g/mol. The number of carbonyl (C=O) groups is 11. The van der Waals surface area contributed by atoms with E-state index in [-0.39, 0.29) is 158 Å². The zero-order chi connectivity index (χ0) is 79.8. The fourth-order valence-electron chi connectivity index (χ4n) is 13.2. The normalized spacial score (nSPS) is 14.6. The van der Waals surface area contributed by atoms with Gasteiger partial charge in [-0.25, -0.2) is 14.4 Å². The van der Waals surface area contributed by atoms with E-state index in [0.717, 1.165) is 57.7 Å². The number of fused-ring (bicyclic) bond motifs is 5. The number of carbonyl (C=O) groups excluding carboxylic acids is 11. The van der Waals surface area contributed by atoms with E-state index < -0.39 is 53.8 Å². The summed E-state index contributed by atoms with van der Waals surface area (Å²) in [6.45, 7) is 11.8. The second-order valence-corrected chi connectivity index (χ2v) is 29.2. The van der Waals surface area contributed by atoms with Crippen LogP contribution in [0, 0.1) is 18.8 Å². The van der Waals surface area contributed by atoms with Crippen molar-refractivity contribution >= 4 is 137 Å². The maximum atomic E-state index is 14.7. The van der Waals surface area contributed by atoms with Crippen LogP contribution in [-0.4, -0.2) is 239 Å². The highest BCUT2D eigenvalue weighted by atomic mass is 35.5. The predicted molar refractivity (Wildman–Crippen MR) is 422 cm³/mol. The molecule has 1 saturated heterocycles. The number of likely N-dealkylation sites (N-methyl/N-ethyl adjacent to an activating group) is 2. The largest absolute Gasteiger partial charge is 0.492 e. The lowest BCUT2D eigenvalue weighted by molar-refractivity contribution is -0.137. The van der Waals surface area contributed by atoms with E-state index in [1.54, 1.807) is 86.5 Å². The van der Waals surface area contributed by atoms with E-state index in [2.05, 4.69) is 41.5 Å². The molecule has 112 heavy (non-hydrogen) atoms. The first-order valence-corrected chi connectivity index (χ1v) is 38.9. The highest BCUT2D eigenvalue weighted by Gasteiger charge is 2.38. The third-order valence-electron chi connectivity index (χ3n) is 19.3. The molecule has 10 rings (SSSR count). The molecular weight excluding hydrogens is 1490 g/mol. The first-order chi connectivity index (χ1) is 54.0. The van der Waals surface area contributed by atoms with Gasteiger partial charge in [0.15, 0.2) is 11.5 Å². The number of thiophene rings is 1. The number of likely N-dealkylation sites (tertiary alicyclic amines) is 1.